The van der Waals surface area contributed by atoms with E-state index in [-0.39, 0.29) is 11.9 Å². The number of benzene rings is 1. The van der Waals surface area contributed by atoms with Gasteiger partial charge in [0, 0.05) is 7.11 Å². The molecule has 1 aliphatic carbocycles. The Kier molecular flexibility index (Phi) is 8.74. The lowest BCUT2D eigenvalue weighted by Crippen LogP contribution is -2.03. The maximum atomic E-state index is 13.5. The van der Waals surface area contributed by atoms with Crippen molar-refractivity contribution in [3.8, 4) is 0 Å². The van der Waals surface area contributed by atoms with Crippen molar-refractivity contribution in [2.75, 3.05) is 7.11 Å². The van der Waals surface area contributed by atoms with Crippen LogP contribution in [0.4, 0.5) is 4.39 Å². The van der Waals surface area contributed by atoms with Crippen molar-refractivity contribution in [3.63, 3.8) is 0 Å². The molecule has 2 heteroatoms. The summed E-state index contributed by atoms with van der Waals surface area (Å²) in [4.78, 5) is 0. The molecule has 1 aromatic carbocycles. The van der Waals surface area contributed by atoms with Crippen LogP contribution in [0.1, 0.15) is 75.7 Å². The SMILES string of the molecule is C/C=C(F)\C=C(/CC)CCCCc1cc(C2=CCC=C2)ccc1C(C)OC. The molecule has 1 unspecified atom stereocenters. The zero-order chi connectivity index (χ0) is 19.6. The topological polar surface area (TPSA) is 9.23 Å². The van der Waals surface area contributed by atoms with E-state index in [0.717, 1.165) is 38.5 Å². The first kappa shape index (κ1) is 21.4. The molecule has 0 spiro atoms. The Labute approximate surface area is 164 Å². The Balaban J connectivity index is 2.06. The van der Waals surface area contributed by atoms with Gasteiger partial charge in [0.2, 0.25) is 0 Å². The number of aryl methyl sites for hydroxylation is 1. The van der Waals surface area contributed by atoms with Crippen LogP contribution in [0.5, 0.6) is 0 Å². The first-order chi connectivity index (χ1) is 13.1. The van der Waals surface area contributed by atoms with Crippen LogP contribution < -0.4 is 0 Å². The number of hydrogen-bond acceptors (Lipinski definition) is 1. The van der Waals surface area contributed by atoms with Gasteiger partial charge in [-0.15, -0.1) is 0 Å². The van der Waals surface area contributed by atoms with Crippen LogP contribution in [0.15, 0.2) is 60.0 Å². The van der Waals surface area contributed by atoms with Gasteiger partial charge in [-0.05, 0) is 80.7 Å². The van der Waals surface area contributed by atoms with E-state index >= 15 is 0 Å². The highest BCUT2D eigenvalue weighted by Gasteiger charge is 2.12. The fraction of sp³-hybridized carbons (Fsp3) is 0.440. The van der Waals surface area contributed by atoms with E-state index in [9.17, 15) is 4.39 Å². The molecule has 1 aromatic rings. The molecule has 1 aliphatic rings. The number of ether oxygens (including phenoxy) is 1. The second kappa shape index (κ2) is 11.0. The van der Waals surface area contributed by atoms with E-state index in [1.54, 1.807) is 20.1 Å². The number of hydrogen-bond donors (Lipinski definition) is 0. The van der Waals surface area contributed by atoms with Crippen LogP contribution in [0.3, 0.4) is 0 Å². The Hall–Kier alpha value is -1.93. The van der Waals surface area contributed by atoms with Crippen molar-refractivity contribution in [1.82, 2.24) is 0 Å². The summed E-state index contributed by atoms with van der Waals surface area (Å²) in [6.07, 6.45) is 16.1. The molecule has 0 fully saturated rings. The van der Waals surface area contributed by atoms with Crippen molar-refractivity contribution in [2.24, 2.45) is 0 Å². The number of halogens is 1. The first-order valence-electron chi connectivity index (χ1n) is 10.1. The van der Waals surface area contributed by atoms with Crippen molar-refractivity contribution in [3.05, 3.63) is 76.7 Å². The van der Waals surface area contributed by atoms with Crippen LogP contribution in [-0.2, 0) is 11.2 Å². The smallest absolute Gasteiger partial charge is 0.118 e. The molecular weight excluding hydrogens is 335 g/mol. The quantitative estimate of drug-likeness (QED) is 0.304. The minimum atomic E-state index is -0.131. The van der Waals surface area contributed by atoms with Crippen molar-refractivity contribution in [1.29, 1.82) is 0 Å². The van der Waals surface area contributed by atoms with Gasteiger partial charge >= 0.3 is 0 Å². The molecule has 0 aliphatic heterocycles. The van der Waals surface area contributed by atoms with Gasteiger partial charge in [-0.2, -0.15) is 0 Å². The third kappa shape index (κ3) is 6.32. The van der Waals surface area contributed by atoms with E-state index in [0.29, 0.717) is 0 Å². The van der Waals surface area contributed by atoms with Crippen LogP contribution >= 0.6 is 0 Å². The van der Waals surface area contributed by atoms with Gasteiger partial charge in [0.05, 0.1) is 6.10 Å². The molecule has 1 atom stereocenters. The maximum Gasteiger partial charge on any atom is 0.118 e. The Bertz CT molecular complexity index is 737. The van der Waals surface area contributed by atoms with E-state index in [1.165, 1.54) is 33.9 Å². The highest BCUT2D eigenvalue weighted by molar-refractivity contribution is 5.76. The summed E-state index contributed by atoms with van der Waals surface area (Å²) in [5.74, 6) is -0.131. The summed E-state index contributed by atoms with van der Waals surface area (Å²) < 4.78 is 19.1. The lowest BCUT2D eigenvalue weighted by Gasteiger charge is -2.17. The molecule has 146 valence electrons. The second-order valence-corrected chi connectivity index (χ2v) is 7.13. The highest BCUT2D eigenvalue weighted by atomic mass is 19.1. The molecule has 0 radical (unpaired) electrons. The molecule has 0 aromatic heterocycles. The summed E-state index contributed by atoms with van der Waals surface area (Å²) in [5, 5.41) is 0. The fourth-order valence-corrected chi connectivity index (χ4v) is 3.49. The minimum Gasteiger partial charge on any atom is -0.377 e. The van der Waals surface area contributed by atoms with E-state index in [2.05, 4.69) is 50.3 Å². The monoisotopic (exact) mass is 368 g/mol. The van der Waals surface area contributed by atoms with Gasteiger partial charge in [-0.25, -0.2) is 4.39 Å². The molecule has 0 N–H and O–H groups in total. The van der Waals surface area contributed by atoms with Gasteiger partial charge in [-0.3, -0.25) is 0 Å². The van der Waals surface area contributed by atoms with Crippen LogP contribution in [0.2, 0.25) is 0 Å². The van der Waals surface area contributed by atoms with E-state index < -0.39 is 0 Å². The average molecular weight is 369 g/mol. The van der Waals surface area contributed by atoms with Crippen molar-refractivity contribution in [2.45, 2.75) is 65.4 Å². The van der Waals surface area contributed by atoms with Crippen LogP contribution in [0.25, 0.3) is 5.57 Å². The minimum absolute atomic E-state index is 0.0945. The van der Waals surface area contributed by atoms with E-state index in [4.69, 9.17) is 4.74 Å². The molecule has 1 nitrogen and oxygen atoms in total. The summed E-state index contributed by atoms with van der Waals surface area (Å²) in [5.41, 5.74) is 6.42. The normalized spacial score (nSPS) is 16.0. The highest BCUT2D eigenvalue weighted by Crippen LogP contribution is 2.29. The standard InChI is InChI=1S/C25H33FO/c1-5-20(17-24(26)6-2)11-7-8-14-23-18-22(21-12-9-10-13-21)15-16-25(23)19(3)27-4/h6,9,12-13,15-19H,5,7-8,10-11,14H2,1-4H3/b20-17+,24-6+. The Morgan fingerprint density at radius 3 is 2.74 bits per heavy atom. The van der Waals surface area contributed by atoms with Crippen LogP contribution in [-0.4, -0.2) is 7.11 Å². The first-order valence-corrected chi connectivity index (χ1v) is 10.1. The van der Waals surface area contributed by atoms with Gasteiger partial charge in [-0.1, -0.05) is 55.0 Å². The molecule has 27 heavy (non-hydrogen) atoms. The van der Waals surface area contributed by atoms with E-state index in [1.807, 2.05) is 0 Å². The van der Waals surface area contributed by atoms with Gasteiger partial charge < -0.3 is 4.74 Å². The molecule has 0 saturated carbocycles. The molecule has 0 amide bonds. The zero-order valence-corrected chi connectivity index (χ0v) is 17.2. The Morgan fingerprint density at radius 2 is 2.11 bits per heavy atom. The largest absolute Gasteiger partial charge is 0.377 e. The predicted octanol–water partition coefficient (Wildman–Crippen LogP) is 7.66. The summed E-state index contributed by atoms with van der Waals surface area (Å²) in [6, 6.07) is 6.74. The van der Waals surface area contributed by atoms with Gasteiger partial charge in [0.15, 0.2) is 0 Å². The summed E-state index contributed by atoms with van der Waals surface area (Å²) >= 11 is 0. The van der Waals surface area contributed by atoms with Crippen molar-refractivity contribution >= 4 is 5.57 Å². The lowest BCUT2D eigenvalue weighted by molar-refractivity contribution is 0.119. The van der Waals surface area contributed by atoms with Gasteiger partial charge in [0.1, 0.15) is 5.83 Å². The zero-order valence-electron chi connectivity index (χ0n) is 17.2. The van der Waals surface area contributed by atoms with Gasteiger partial charge in [0.25, 0.3) is 0 Å². The number of rotatable bonds is 10. The summed E-state index contributed by atoms with van der Waals surface area (Å²) in [7, 11) is 1.76. The van der Waals surface area contributed by atoms with Crippen LogP contribution in [0, 0.1) is 0 Å². The third-order valence-electron chi connectivity index (χ3n) is 5.31. The number of allylic oxidation sites excluding steroid dienone is 8. The number of unbranched alkanes of at least 4 members (excludes halogenated alkanes) is 1. The second-order valence-electron chi connectivity index (χ2n) is 7.13. The fourth-order valence-electron chi connectivity index (χ4n) is 3.49. The summed E-state index contributed by atoms with van der Waals surface area (Å²) in [6.45, 7) is 5.93. The molecule has 0 bridgehead atoms. The maximum absolute atomic E-state index is 13.5. The lowest BCUT2D eigenvalue weighted by atomic mass is 9.93. The molecular formula is C25H33FO. The average Bonchev–Trinajstić information content (AvgIpc) is 3.24. The molecule has 0 heterocycles. The third-order valence-corrected chi connectivity index (χ3v) is 5.31. The molecule has 0 saturated heterocycles. The molecule has 2 rings (SSSR count). The number of methoxy groups -OCH3 is 1. The Morgan fingerprint density at radius 1 is 1.30 bits per heavy atom. The van der Waals surface area contributed by atoms with Crippen molar-refractivity contribution < 1.29 is 9.13 Å². The predicted molar refractivity (Wildman–Crippen MR) is 114 cm³/mol.